The van der Waals surface area contributed by atoms with Gasteiger partial charge in [-0.15, -0.1) is 0 Å². The lowest BCUT2D eigenvalue weighted by Gasteiger charge is -2.34. The van der Waals surface area contributed by atoms with Crippen LogP contribution in [0.2, 0.25) is 0 Å². The number of halogens is 2. The van der Waals surface area contributed by atoms with Crippen molar-refractivity contribution in [1.29, 1.82) is 0 Å². The van der Waals surface area contributed by atoms with E-state index in [-0.39, 0.29) is 43.3 Å². The molecule has 1 unspecified atom stereocenters. The largest absolute Gasteiger partial charge is 0.503 e. The van der Waals surface area contributed by atoms with Crippen molar-refractivity contribution >= 4 is 17.7 Å². The topological polar surface area (TPSA) is 112 Å². The van der Waals surface area contributed by atoms with Gasteiger partial charge in [0.2, 0.25) is 11.3 Å². The predicted molar refractivity (Wildman–Crippen MR) is 107 cm³/mol. The summed E-state index contributed by atoms with van der Waals surface area (Å²) in [5, 5.41) is 12.9. The van der Waals surface area contributed by atoms with Crippen LogP contribution < -0.4 is 10.7 Å². The molecule has 3 heterocycles. The summed E-state index contributed by atoms with van der Waals surface area (Å²) in [6.45, 7) is 2.14. The molecular weight excluding hydrogens is 426 g/mol. The van der Waals surface area contributed by atoms with E-state index in [1.54, 1.807) is 4.90 Å². The highest BCUT2D eigenvalue weighted by Gasteiger charge is 2.38. The Bertz CT molecular complexity index is 1200. The smallest absolute Gasteiger partial charge is 0.274 e. The fourth-order valence-corrected chi connectivity index (χ4v) is 4.00. The molecule has 1 saturated heterocycles. The summed E-state index contributed by atoms with van der Waals surface area (Å²) in [5.74, 6) is -4.13. The van der Waals surface area contributed by atoms with Crippen molar-refractivity contribution in [1.82, 2.24) is 19.7 Å². The van der Waals surface area contributed by atoms with Crippen LogP contribution >= 0.6 is 0 Å². The normalized spacial score (nSPS) is 17.6. The van der Waals surface area contributed by atoms with E-state index < -0.39 is 46.2 Å². The van der Waals surface area contributed by atoms with Gasteiger partial charge in [-0.1, -0.05) is 6.07 Å². The molecule has 1 aromatic heterocycles. The first-order valence-corrected chi connectivity index (χ1v) is 9.92. The molecule has 3 amide bonds. The maximum atomic E-state index is 13.8. The van der Waals surface area contributed by atoms with Gasteiger partial charge in [0.05, 0.1) is 6.04 Å². The first-order chi connectivity index (χ1) is 15.2. The van der Waals surface area contributed by atoms with Gasteiger partial charge in [-0.2, -0.15) is 0 Å². The average Bonchev–Trinajstić information content (AvgIpc) is 2.94. The number of hydrogen-bond acceptors (Lipinski definition) is 5. The lowest BCUT2D eigenvalue weighted by molar-refractivity contribution is -0.129. The van der Waals surface area contributed by atoms with E-state index in [4.69, 9.17) is 0 Å². The van der Waals surface area contributed by atoms with Crippen molar-refractivity contribution in [2.75, 3.05) is 26.2 Å². The number of carbonyl (C=O) groups excluding carboxylic acids is 3. The summed E-state index contributed by atoms with van der Waals surface area (Å²) in [4.78, 5) is 53.0. The molecule has 2 N–H and O–H groups in total. The molecule has 2 aliphatic rings. The quantitative estimate of drug-likeness (QED) is 0.718. The third-order valence-electron chi connectivity index (χ3n) is 5.74. The van der Waals surface area contributed by atoms with E-state index in [0.717, 1.165) is 12.1 Å². The van der Waals surface area contributed by atoms with E-state index in [2.05, 4.69) is 5.32 Å². The fraction of sp³-hybridized carbons (Fsp3) is 0.333. The molecule has 2 aromatic rings. The number of nitrogens with zero attached hydrogens (tertiary/aromatic N) is 3. The lowest BCUT2D eigenvalue weighted by Crippen LogP contribution is -2.45. The molecule has 11 heteroatoms. The average molecular weight is 446 g/mol. The molecule has 4 rings (SSSR count). The minimum absolute atomic E-state index is 0.00808. The Morgan fingerprint density at radius 1 is 1.19 bits per heavy atom. The zero-order chi connectivity index (χ0) is 23.2. The number of aromatic hydroxyl groups is 1. The zero-order valence-corrected chi connectivity index (χ0v) is 17.1. The molecule has 0 saturated carbocycles. The molecule has 1 atom stereocenters. The van der Waals surface area contributed by atoms with Crippen LogP contribution in [0.1, 0.15) is 39.4 Å². The number of benzene rings is 1. The summed E-state index contributed by atoms with van der Waals surface area (Å²) in [5.41, 5.74) is -1.70. The molecule has 168 valence electrons. The van der Waals surface area contributed by atoms with Gasteiger partial charge >= 0.3 is 0 Å². The fourth-order valence-electron chi connectivity index (χ4n) is 4.00. The van der Waals surface area contributed by atoms with Crippen LogP contribution in [0, 0.1) is 11.6 Å². The van der Waals surface area contributed by atoms with Crippen LogP contribution in [0.5, 0.6) is 5.75 Å². The van der Waals surface area contributed by atoms with Gasteiger partial charge in [-0.05, 0) is 6.07 Å². The molecule has 0 spiro atoms. The van der Waals surface area contributed by atoms with Crippen molar-refractivity contribution < 1.29 is 28.3 Å². The third-order valence-corrected chi connectivity index (χ3v) is 5.74. The Hall–Kier alpha value is -3.76. The van der Waals surface area contributed by atoms with Crippen LogP contribution in [-0.2, 0) is 11.3 Å². The standard InChI is InChI=1S/C21H20F2N4O5/c1-11(28)25-4-5-26-9-14(8-25)27-10-15(18(29)19(30)17(27)21(26)32)20(31)24-7-12-2-3-13(22)6-16(12)23/h2-3,6,10,14,30H,4-5,7-9H2,1H3,(H,24,31). The molecule has 1 aromatic carbocycles. The number of rotatable bonds is 3. The van der Waals surface area contributed by atoms with Gasteiger partial charge < -0.3 is 24.8 Å². The zero-order valence-electron chi connectivity index (χ0n) is 17.1. The summed E-state index contributed by atoms with van der Waals surface area (Å²) in [6, 6.07) is 2.40. The van der Waals surface area contributed by atoms with E-state index in [0.29, 0.717) is 12.6 Å². The second-order valence-corrected chi connectivity index (χ2v) is 7.76. The molecule has 1 fully saturated rings. The Labute approximate surface area is 180 Å². The number of hydrogen-bond donors (Lipinski definition) is 2. The van der Waals surface area contributed by atoms with Gasteiger partial charge in [0.1, 0.15) is 17.2 Å². The van der Waals surface area contributed by atoms with Crippen molar-refractivity contribution in [3.8, 4) is 5.75 Å². The van der Waals surface area contributed by atoms with Crippen LogP contribution in [0.25, 0.3) is 0 Å². The lowest BCUT2D eigenvalue weighted by atomic mass is 10.1. The minimum atomic E-state index is -1.04. The number of carbonyl (C=O) groups is 3. The highest BCUT2D eigenvalue weighted by Crippen LogP contribution is 2.28. The Morgan fingerprint density at radius 3 is 2.62 bits per heavy atom. The van der Waals surface area contributed by atoms with Gasteiger partial charge in [-0.3, -0.25) is 19.2 Å². The van der Waals surface area contributed by atoms with E-state index in [1.807, 2.05) is 0 Å². The Kier molecular flexibility index (Phi) is 5.41. The predicted octanol–water partition coefficient (Wildman–Crippen LogP) is 0.621. The number of amides is 3. The van der Waals surface area contributed by atoms with Crippen LogP contribution in [-0.4, -0.2) is 63.4 Å². The van der Waals surface area contributed by atoms with Crippen molar-refractivity contribution in [3.63, 3.8) is 0 Å². The van der Waals surface area contributed by atoms with Crippen molar-refractivity contribution in [2.45, 2.75) is 19.5 Å². The third kappa shape index (κ3) is 3.70. The Balaban J connectivity index is 1.67. The maximum absolute atomic E-state index is 13.8. The second-order valence-electron chi connectivity index (χ2n) is 7.76. The minimum Gasteiger partial charge on any atom is -0.503 e. The summed E-state index contributed by atoms with van der Waals surface area (Å²) in [7, 11) is 0. The molecule has 0 aliphatic carbocycles. The summed E-state index contributed by atoms with van der Waals surface area (Å²) < 4.78 is 28.2. The molecular formula is C21H20F2N4O5. The molecule has 32 heavy (non-hydrogen) atoms. The molecule has 2 bridgehead atoms. The van der Waals surface area contributed by atoms with E-state index in [9.17, 15) is 33.1 Å². The highest BCUT2D eigenvalue weighted by molar-refractivity contribution is 5.99. The number of fused-ring (bicyclic) bond motifs is 4. The number of pyridine rings is 1. The SMILES string of the molecule is CC(=O)N1CCN2CC(C1)n1cc(C(=O)NCc3ccc(F)cc3F)c(=O)c(O)c1C2=O. The van der Waals surface area contributed by atoms with Crippen LogP contribution in [0.15, 0.2) is 29.2 Å². The number of aromatic nitrogens is 1. The first-order valence-electron chi connectivity index (χ1n) is 9.92. The summed E-state index contributed by atoms with van der Waals surface area (Å²) in [6.07, 6.45) is 1.18. The van der Waals surface area contributed by atoms with Crippen molar-refractivity contribution in [3.05, 3.63) is 63.1 Å². The van der Waals surface area contributed by atoms with Crippen LogP contribution in [0.3, 0.4) is 0 Å². The van der Waals surface area contributed by atoms with Gasteiger partial charge in [0.25, 0.3) is 11.8 Å². The van der Waals surface area contributed by atoms with E-state index >= 15 is 0 Å². The summed E-state index contributed by atoms with van der Waals surface area (Å²) >= 11 is 0. The van der Waals surface area contributed by atoms with Gasteiger partial charge in [-0.25, -0.2) is 8.78 Å². The van der Waals surface area contributed by atoms with E-state index in [1.165, 1.54) is 22.6 Å². The second kappa shape index (κ2) is 8.06. The van der Waals surface area contributed by atoms with Gasteiger partial charge in [0.15, 0.2) is 11.4 Å². The monoisotopic (exact) mass is 446 g/mol. The molecule has 2 aliphatic heterocycles. The maximum Gasteiger partial charge on any atom is 0.274 e. The van der Waals surface area contributed by atoms with Gasteiger partial charge in [0, 0.05) is 57.5 Å². The van der Waals surface area contributed by atoms with Crippen molar-refractivity contribution in [2.24, 2.45) is 0 Å². The first kappa shape index (κ1) is 21.5. The highest BCUT2D eigenvalue weighted by atomic mass is 19.1. The number of nitrogens with one attached hydrogen (secondary N) is 1. The Morgan fingerprint density at radius 2 is 1.94 bits per heavy atom. The molecule has 0 radical (unpaired) electrons. The van der Waals surface area contributed by atoms with Crippen LogP contribution in [0.4, 0.5) is 8.78 Å². The molecule has 9 nitrogen and oxygen atoms in total.